The number of rotatable bonds is 6. The fourth-order valence-corrected chi connectivity index (χ4v) is 2.64. The highest BCUT2D eigenvalue weighted by Gasteiger charge is 2.33. The normalized spacial score (nSPS) is 21.3. The second-order valence-corrected chi connectivity index (χ2v) is 5.89. The Balaban J connectivity index is 2.03. The van der Waals surface area contributed by atoms with Crippen molar-refractivity contribution in [3.63, 3.8) is 0 Å². The van der Waals surface area contributed by atoms with Gasteiger partial charge in [0.15, 0.2) is 0 Å². The zero-order valence-electron chi connectivity index (χ0n) is 12.3. The van der Waals surface area contributed by atoms with E-state index in [4.69, 9.17) is 9.47 Å². The molecule has 2 atom stereocenters. The van der Waals surface area contributed by atoms with Gasteiger partial charge in [0, 0.05) is 16.6 Å². The van der Waals surface area contributed by atoms with Crippen molar-refractivity contribution in [1.29, 1.82) is 0 Å². The highest BCUT2D eigenvalue weighted by molar-refractivity contribution is 9.10. The van der Waals surface area contributed by atoms with Gasteiger partial charge in [-0.1, -0.05) is 6.92 Å². The quantitative estimate of drug-likeness (QED) is 0.821. The topological polar surface area (TPSA) is 59.6 Å². The van der Waals surface area contributed by atoms with Crippen molar-refractivity contribution in [2.24, 2.45) is 5.92 Å². The minimum absolute atomic E-state index is 0.0324. The number of methoxy groups -OCH3 is 1. The van der Waals surface area contributed by atoms with E-state index < -0.39 is 0 Å². The van der Waals surface area contributed by atoms with Crippen LogP contribution in [0.1, 0.15) is 13.3 Å². The summed E-state index contributed by atoms with van der Waals surface area (Å²) in [5, 5.41) is 6.31. The zero-order chi connectivity index (χ0) is 15.2. The molecule has 1 aliphatic rings. The highest BCUT2D eigenvalue weighted by atomic mass is 79.9. The molecule has 2 N–H and O–H groups in total. The minimum Gasteiger partial charge on any atom is -0.497 e. The first-order valence-electron chi connectivity index (χ1n) is 7.11. The van der Waals surface area contributed by atoms with Crippen molar-refractivity contribution in [1.82, 2.24) is 5.32 Å². The van der Waals surface area contributed by atoms with Crippen LogP contribution in [-0.4, -0.2) is 38.8 Å². The van der Waals surface area contributed by atoms with Crippen molar-refractivity contribution in [3.05, 3.63) is 22.7 Å². The van der Waals surface area contributed by atoms with Crippen LogP contribution in [0.2, 0.25) is 0 Å². The van der Waals surface area contributed by atoms with Crippen LogP contribution in [0.5, 0.6) is 5.75 Å². The molecule has 1 amide bonds. The lowest BCUT2D eigenvalue weighted by atomic mass is 10.0. The monoisotopic (exact) mass is 356 g/mol. The largest absolute Gasteiger partial charge is 0.497 e. The predicted molar refractivity (Wildman–Crippen MR) is 85.7 cm³/mol. The first-order chi connectivity index (χ1) is 10.2. The Kier molecular flexibility index (Phi) is 6.02. The van der Waals surface area contributed by atoms with Crippen molar-refractivity contribution < 1.29 is 14.3 Å². The molecule has 21 heavy (non-hydrogen) atoms. The molecule has 0 radical (unpaired) electrons. The van der Waals surface area contributed by atoms with E-state index in [1.807, 2.05) is 12.1 Å². The first-order valence-corrected chi connectivity index (χ1v) is 7.90. The van der Waals surface area contributed by atoms with E-state index >= 15 is 0 Å². The number of amides is 1. The molecular formula is C15H21BrN2O3. The summed E-state index contributed by atoms with van der Waals surface area (Å²) in [6, 6.07) is 5.57. The SMILES string of the molecule is CCCNC1COCC1C(=O)Nc1cc(OC)ccc1Br. The van der Waals surface area contributed by atoms with Crippen LogP contribution in [0.4, 0.5) is 5.69 Å². The molecule has 0 saturated carbocycles. The number of carbonyl (C=O) groups is 1. The highest BCUT2D eigenvalue weighted by Crippen LogP contribution is 2.28. The molecule has 2 rings (SSSR count). The fourth-order valence-electron chi connectivity index (χ4n) is 2.30. The first kappa shape index (κ1) is 16.3. The molecule has 1 aromatic rings. The maximum absolute atomic E-state index is 12.4. The number of ether oxygens (including phenoxy) is 2. The van der Waals surface area contributed by atoms with Crippen molar-refractivity contribution in [2.75, 3.05) is 32.2 Å². The Bertz CT molecular complexity index is 496. The van der Waals surface area contributed by atoms with E-state index in [1.165, 1.54) is 0 Å². The van der Waals surface area contributed by atoms with Crippen LogP contribution >= 0.6 is 15.9 Å². The second-order valence-electron chi connectivity index (χ2n) is 5.04. The van der Waals surface area contributed by atoms with Gasteiger partial charge in [0.2, 0.25) is 5.91 Å². The van der Waals surface area contributed by atoms with E-state index in [-0.39, 0.29) is 17.9 Å². The number of halogens is 1. The molecule has 0 aliphatic carbocycles. The summed E-state index contributed by atoms with van der Waals surface area (Å²) >= 11 is 3.44. The summed E-state index contributed by atoms with van der Waals surface area (Å²) in [7, 11) is 1.60. The molecule has 1 heterocycles. The van der Waals surface area contributed by atoms with Crippen LogP contribution in [0.25, 0.3) is 0 Å². The second kappa shape index (κ2) is 7.77. The van der Waals surface area contributed by atoms with Crippen LogP contribution in [0.3, 0.4) is 0 Å². The lowest BCUT2D eigenvalue weighted by molar-refractivity contribution is -0.120. The Hall–Kier alpha value is -1.11. The zero-order valence-corrected chi connectivity index (χ0v) is 13.9. The Labute approximate surface area is 133 Å². The third kappa shape index (κ3) is 4.18. The molecule has 0 bridgehead atoms. The average molecular weight is 357 g/mol. The summed E-state index contributed by atoms with van der Waals surface area (Å²) < 4.78 is 11.5. The number of carbonyl (C=O) groups excluding carboxylic acids is 1. The summed E-state index contributed by atoms with van der Waals surface area (Å²) in [6.07, 6.45) is 1.03. The van der Waals surface area contributed by atoms with Gasteiger partial charge in [0.05, 0.1) is 31.9 Å². The maximum atomic E-state index is 12.4. The fraction of sp³-hybridized carbons (Fsp3) is 0.533. The van der Waals surface area contributed by atoms with Gasteiger partial charge in [-0.2, -0.15) is 0 Å². The van der Waals surface area contributed by atoms with Gasteiger partial charge in [0.25, 0.3) is 0 Å². The average Bonchev–Trinajstić information content (AvgIpc) is 2.95. The third-order valence-electron chi connectivity index (χ3n) is 3.51. The number of anilines is 1. The summed E-state index contributed by atoms with van der Waals surface area (Å²) in [5.74, 6) is 0.501. The van der Waals surface area contributed by atoms with E-state index in [1.54, 1.807) is 13.2 Å². The third-order valence-corrected chi connectivity index (χ3v) is 4.20. The van der Waals surface area contributed by atoms with Gasteiger partial charge >= 0.3 is 0 Å². The van der Waals surface area contributed by atoms with Gasteiger partial charge in [-0.15, -0.1) is 0 Å². The lowest BCUT2D eigenvalue weighted by Crippen LogP contribution is -2.41. The standard InChI is InChI=1S/C15H21BrN2O3/c1-3-6-17-14-9-21-8-11(14)15(19)18-13-7-10(20-2)4-5-12(13)16/h4-5,7,11,14,17H,3,6,8-9H2,1-2H3,(H,18,19). The van der Waals surface area contributed by atoms with Crippen molar-refractivity contribution in [2.45, 2.75) is 19.4 Å². The van der Waals surface area contributed by atoms with Crippen molar-refractivity contribution in [3.8, 4) is 5.75 Å². The van der Waals surface area contributed by atoms with Crippen LogP contribution in [-0.2, 0) is 9.53 Å². The molecule has 1 aromatic carbocycles. The van der Waals surface area contributed by atoms with Crippen LogP contribution < -0.4 is 15.4 Å². The van der Waals surface area contributed by atoms with E-state index in [2.05, 4.69) is 33.5 Å². The Morgan fingerprint density at radius 3 is 3.00 bits per heavy atom. The number of hydrogen-bond donors (Lipinski definition) is 2. The molecule has 5 nitrogen and oxygen atoms in total. The molecule has 0 aromatic heterocycles. The molecule has 1 aliphatic heterocycles. The molecule has 1 fully saturated rings. The van der Waals surface area contributed by atoms with Crippen LogP contribution in [0, 0.1) is 5.92 Å². The van der Waals surface area contributed by atoms with E-state index in [0.29, 0.717) is 24.7 Å². The Morgan fingerprint density at radius 1 is 1.48 bits per heavy atom. The minimum atomic E-state index is -0.172. The molecule has 0 spiro atoms. The smallest absolute Gasteiger partial charge is 0.231 e. The summed E-state index contributed by atoms with van der Waals surface area (Å²) in [6.45, 7) is 4.03. The molecule has 1 saturated heterocycles. The van der Waals surface area contributed by atoms with Gasteiger partial charge < -0.3 is 20.1 Å². The number of nitrogens with one attached hydrogen (secondary N) is 2. The van der Waals surface area contributed by atoms with Gasteiger partial charge in [-0.05, 0) is 41.0 Å². The van der Waals surface area contributed by atoms with Gasteiger partial charge in [-0.25, -0.2) is 0 Å². The molecule has 6 heteroatoms. The number of benzene rings is 1. The van der Waals surface area contributed by atoms with Gasteiger partial charge in [-0.3, -0.25) is 4.79 Å². The van der Waals surface area contributed by atoms with E-state index in [9.17, 15) is 4.79 Å². The van der Waals surface area contributed by atoms with Gasteiger partial charge in [0.1, 0.15) is 5.75 Å². The summed E-state index contributed by atoms with van der Waals surface area (Å²) in [4.78, 5) is 12.4. The Morgan fingerprint density at radius 2 is 2.29 bits per heavy atom. The van der Waals surface area contributed by atoms with E-state index in [0.717, 1.165) is 17.4 Å². The predicted octanol–water partition coefficient (Wildman–Crippen LogP) is 2.41. The molecule has 116 valence electrons. The lowest BCUT2D eigenvalue weighted by Gasteiger charge is -2.19. The number of hydrogen-bond acceptors (Lipinski definition) is 4. The molecular weight excluding hydrogens is 336 g/mol. The molecule has 2 unspecified atom stereocenters. The summed E-state index contributed by atoms with van der Waals surface area (Å²) in [5.41, 5.74) is 0.709. The van der Waals surface area contributed by atoms with Crippen molar-refractivity contribution >= 4 is 27.5 Å². The maximum Gasteiger partial charge on any atom is 0.231 e. The van der Waals surface area contributed by atoms with Crippen LogP contribution in [0.15, 0.2) is 22.7 Å².